The number of nitrogens with one attached hydrogen (secondary N) is 1. The zero-order valence-corrected chi connectivity index (χ0v) is 10.7. The van der Waals surface area contributed by atoms with E-state index in [2.05, 4.69) is 5.32 Å². The second-order valence-corrected chi connectivity index (χ2v) is 5.00. The highest BCUT2D eigenvalue weighted by Gasteiger charge is 2.22. The van der Waals surface area contributed by atoms with E-state index in [1.807, 2.05) is 0 Å². The van der Waals surface area contributed by atoms with E-state index in [1.54, 1.807) is 0 Å². The van der Waals surface area contributed by atoms with Crippen molar-refractivity contribution in [2.45, 2.75) is 38.5 Å². The molecule has 1 aliphatic carbocycles. The zero-order chi connectivity index (χ0) is 13.8. The molecule has 1 fully saturated rings. The molecule has 0 bridgehead atoms. The number of nitrogens with two attached hydrogens (primary N) is 1. The Hall–Kier alpha value is -1.65. The number of hydrogen-bond acceptors (Lipinski definition) is 2. The van der Waals surface area contributed by atoms with Crippen LogP contribution in [0, 0.1) is 17.6 Å². The molecule has 1 aromatic carbocycles. The van der Waals surface area contributed by atoms with Crippen LogP contribution in [0.1, 0.15) is 38.5 Å². The van der Waals surface area contributed by atoms with Gasteiger partial charge in [0.2, 0.25) is 5.91 Å². The zero-order valence-electron chi connectivity index (χ0n) is 10.7. The van der Waals surface area contributed by atoms with E-state index in [0.717, 1.165) is 44.6 Å². The van der Waals surface area contributed by atoms with E-state index in [4.69, 9.17) is 5.73 Å². The van der Waals surface area contributed by atoms with Gasteiger partial charge in [0, 0.05) is 5.92 Å². The molecule has 0 aromatic heterocycles. The second-order valence-electron chi connectivity index (χ2n) is 5.00. The van der Waals surface area contributed by atoms with Gasteiger partial charge in [-0.2, -0.15) is 0 Å². The van der Waals surface area contributed by atoms with Crippen molar-refractivity contribution in [3.05, 3.63) is 23.8 Å². The van der Waals surface area contributed by atoms with Gasteiger partial charge in [0.25, 0.3) is 0 Å². The molecule has 0 radical (unpaired) electrons. The normalized spacial score (nSPS) is 16.9. The summed E-state index contributed by atoms with van der Waals surface area (Å²) in [6.07, 6.45) is 5.84. The van der Waals surface area contributed by atoms with Gasteiger partial charge in [0.05, 0.1) is 5.69 Å². The topological polar surface area (TPSA) is 55.1 Å². The monoisotopic (exact) mass is 268 g/mol. The minimum absolute atomic E-state index is 0.0425. The third-order valence-corrected chi connectivity index (χ3v) is 3.60. The summed E-state index contributed by atoms with van der Waals surface area (Å²) < 4.78 is 26.7. The van der Waals surface area contributed by atoms with Gasteiger partial charge in [-0.15, -0.1) is 0 Å². The van der Waals surface area contributed by atoms with Crippen molar-refractivity contribution in [3.63, 3.8) is 0 Å². The van der Waals surface area contributed by atoms with E-state index in [0.29, 0.717) is 0 Å². The van der Waals surface area contributed by atoms with E-state index in [-0.39, 0.29) is 23.2 Å². The lowest BCUT2D eigenvalue weighted by Gasteiger charge is -2.15. The number of benzene rings is 1. The Morgan fingerprint density at radius 3 is 2.42 bits per heavy atom. The number of halogens is 2. The predicted octanol–water partition coefficient (Wildman–Crippen LogP) is 3.46. The first-order chi connectivity index (χ1) is 9.09. The van der Waals surface area contributed by atoms with Crippen molar-refractivity contribution in [2.24, 2.45) is 5.92 Å². The molecular formula is C14H18F2N2O. The van der Waals surface area contributed by atoms with Crippen LogP contribution in [0.5, 0.6) is 0 Å². The van der Waals surface area contributed by atoms with Crippen LogP contribution in [0.3, 0.4) is 0 Å². The predicted molar refractivity (Wildman–Crippen MR) is 70.6 cm³/mol. The Kier molecular flexibility index (Phi) is 4.35. The molecule has 0 aliphatic heterocycles. The molecule has 3 nitrogen and oxygen atoms in total. The minimum atomic E-state index is -1.10. The first-order valence-electron chi connectivity index (χ1n) is 6.64. The van der Waals surface area contributed by atoms with Crippen LogP contribution in [0.2, 0.25) is 0 Å². The number of nitrogen functional groups attached to an aromatic ring is 1. The molecule has 104 valence electrons. The van der Waals surface area contributed by atoms with Crippen LogP contribution in [0.15, 0.2) is 12.1 Å². The summed E-state index contributed by atoms with van der Waals surface area (Å²) in [4.78, 5) is 12.1. The number of hydrogen-bond donors (Lipinski definition) is 2. The van der Waals surface area contributed by atoms with Crippen LogP contribution >= 0.6 is 0 Å². The highest BCUT2D eigenvalue weighted by molar-refractivity contribution is 5.95. The van der Waals surface area contributed by atoms with Gasteiger partial charge in [-0.05, 0) is 25.0 Å². The van der Waals surface area contributed by atoms with E-state index in [1.165, 1.54) is 6.07 Å². The van der Waals surface area contributed by atoms with Crippen LogP contribution in [-0.4, -0.2) is 5.91 Å². The lowest BCUT2D eigenvalue weighted by atomic mass is 9.99. The highest BCUT2D eigenvalue weighted by Crippen LogP contribution is 2.28. The molecule has 0 atom stereocenters. The summed E-state index contributed by atoms with van der Waals surface area (Å²) in [5.74, 6) is -2.50. The van der Waals surface area contributed by atoms with Gasteiger partial charge in [0.15, 0.2) is 11.6 Å². The van der Waals surface area contributed by atoms with Crippen molar-refractivity contribution in [1.29, 1.82) is 0 Å². The molecule has 0 heterocycles. The molecule has 1 aliphatic rings. The maximum absolute atomic E-state index is 13.6. The summed E-state index contributed by atoms with van der Waals surface area (Å²) in [5.41, 5.74) is 5.38. The standard InChI is InChI=1S/C14H18F2N2O/c15-10-7-8-11(17)13(12(10)16)18-14(19)9-5-3-1-2-4-6-9/h7-9H,1-6,17H2,(H,18,19). The molecule has 1 amide bonds. The number of anilines is 2. The van der Waals surface area contributed by atoms with Gasteiger partial charge in [-0.25, -0.2) is 8.78 Å². The van der Waals surface area contributed by atoms with Gasteiger partial charge >= 0.3 is 0 Å². The van der Waals surface area contributed by atoms with Gasteiger partial charge in [-0.1, -0.05) is 25.7 Å². The van der Waals surface area contributed by atoms with Gasteiger partial charge in [0.1, 0.15) is 5.69 Å². The molecule has 3 N–H and O–H groups in total. The summed E-state index contributed by atoms with van der Waals surface area (Å²) in [6, 6.07) is 2.20. The van der Waals surface area contributed by atoms with Crippen LogP contribution < -0.4 is 11.1 Å². The fourth-order valence-electron chi connectivity index (χ4n) is 2.46. The molecule has 1 saturated carbocycles. The fourth-order valence-corrected chi connectivity index (χ4v) is 2.46. The molecule has 0 unspecified atom stereocenters. The van der Waals surface area contributed by atoms with Crippen molar-refractivity contribution < 1.29 is 13.6 Å². The van der Waals surface area contributed by atoms with Crippen LogP contribution in [0.25, 0.3) is 0 Å². The molecule has 2 rings (SSSR count). The Morgan fingerprint density at radius 2 is 1.79 bits per heavy atom. The molecule has 19 heavy (non-hydrogen) atoms. The number of rotatable bonds is 2. The SMILES string of the molecule is Nc1ccc(F)c(F)c1NC(=O)C1CCCCCC1. The van der Waals surface area contributed by atoms with Crippen molar-refractivity contribution >= 4 is 17.3 Å². The lowest BCUT2D eigenvalue weighted by molar-refractivity contribution is -0.120. The number of carbonyl (C=O) groups is 1. The highest BCUT2D eigenvalue weighted by atomic mass is 19.2. The largest absolute Gasteiger partial charge is 0.397 e. The van der Waals surface area contributed by atoms with E-state index < -0.39 is 11.6 Å². The summed E-state index contributed by atoms with van der Waals surface area (Å²) in [7, 11) is 0. The summed E-state index contributed by atoms with van der Waals surface area (Å²) in [5, 5.41) is 2.44. The van der Waals surface area contributed by atoms with E-state index >= 15 is 0 Å². The van der Waals surface area contributed by atoms with Crippen LogP contribution in [0.4, 0.5) is 20.2 Å². The quantitative estimate of drug-likeness (QED) is 0.637. The maximum atomic E-state index is 13.6. The smallest absolute Gasteiger partial charge is 0.227 e. The van der Waals surface area contributed by atoms with Gasteiger partial charge < -0.3 is 11.1 Å². The molecule has 0 saturated heterocycles. The van der Waals surface area contributed by atoms with Gasteiger partial charge in [-0.3, -0.25) is 4.79 Å². The van der Waals surface area contributed by atoms with Crippen molar-refractivity contribution in [1.82, 2.24) is 0 Å². The van der Waals surface area contributed by atoms with Crippen molar-refractivity contribution in [2.75, 3.05) is 11.1 Å². The number of amides is 1. The molecular weight excluding hydrogens is 250 g/mol. The number of carbonyl (C=O) groups excluding carboxylic acids is 1. The summed E-state index contributed by atoms with van der Waals surface area (Å²) in [6.45, 7) is 0. The van der Waals surface area contributed by atoms with E-state index in [9.17, 15) is 13.6 Å². The minimum Gasteiger partial charge on any atom is -0.397 e. The third-order valence-electron chi connectivity index (χ3n) is 3.60. The Labute approximate surface area is 111 Å². The lowest BCUT2D eigenvalue weighted by Crippen LogP contribution is -2.23. The fraction of sp³-hybridized carbons (Fsp3) is 0.500. The maximum Gasteiger partial charge on any atom is 0.227 e. The molecule has 0 spiro atoms. The average molecular weight is 268 g/mol. The Bertz CT molecular complexity index is 469. The first kappa shape index (κ1) is 13.8. The Balaban J connectivity index is 2.12. The molecule has 5 heteroatoms. The third kappa shape index (κ3) is 3.22. The Morgan fingerprint density at radius 1 is 1.16 bits per heavy atom. The first-order valence-corrected chi connectivity index (χ1v) is 6.64. The second kappa shape index (κ2) is 5.99. The molecule has 1 aromatic rings. The van der Waals surface area contributed by atoms with Crippen molar-refractivity contribution in [3.8, 4) is 0 Å². The summed E-state index contributed by atoms with van der Waals surface area (Å²) >= 11 is 0. The van der Waals surface area contributed by atoms with Crippen LogP contribution in [-0.2, 0) is 4.79 Å². The average Bonchev–Trinajstić information content (AvgIpc) is 2.68.